The Morgan fingerprint density at radius 1 is 1.16 bits per heavy atom. The predicted molar refractivity (Wildman–Crippen MR) is 118 cm³/mol. The molecule has 0 bridgehead atoms. The van der Waals surface area contributed by atoms with Crippen LogP contribution in [-0.2, 0) is 14.3 Å². The van der Waals surface area contributed by atoms with Gasteiger partial charge in [0, 0.05) is 44.1 Å². The number of allylic oxidation sites excluding steroid dienone is 2. The highest BCUT2D eigenvalue weighted by molar-refractivity contribution is 5.79. The number of piperidine rings is 2. The van der Waals surface area contributed by atoms with E-state index in [1.165, 1.54) is 6.08 Å². The van der Waals surface area contributed by atoms with Gasteiger partial charge in [-0.2, -0.15) is 0 Å². The van der Waals surface area contributed by atoms with E-state index in [0.717, 1.165) is 12.8 Å². The fourth-order valence-corrected chi connectivity index (χ4v) is 5.39. The lowest BCUT2D eigenvalue weighted by atomic mass is 9.75. The molecule has 4 rings (SSSR count). The van der Waals surface area contributed by atoms with Crippen LogP contribution < -0.4 is 5.73 Å². The summed E-state index contributed by atoms with van der Waals surface area (Å²) in [5.74, 6) is -0.264. The summed E-state index contributed by atoms with van der Waals surface area (Å²) in [5.41, 5.74) is 5.53. The van der Waals surface area contributed by atoms with Crippen LogP contribution in [0.3, 0.4) is 0 Å². The number of likely N-dealkylation sites (tertiary alicyclic amines) is 2. The molecule has 2 amide bonds. The Labute approximate surface area is 189 Å². The summed E-state index contributed by atoms with van der Waals surface area (Å²) in [5, 5.41) is 0. The van der Waals surface area contributed by atoms with Crippen molar-refractivity contribution in [2.45, 2.75) is 76.2 Å². The molecule has 7 nitrogen and oxygen atoms in total. The highest BCUT2D eigenvalue weighted by Gasteiger charge is 2.47. The largest absolute Gasteiger partial charge is 0.444 e. The Hall–Kier alpha value is -1.93. The van der Waals surface area contributed by atoms with Crippen molar-refractivity contribution in [3.8, 4) is 0 Å². The molecule has 2 N–H and O–H groups in total. The van der Waals surface area contributed by atoms with Crippen molar-refractivity contribution in [2.24, 2.45) is 17.6 Å². The van der Waals surface area contributed by atoms with Crippen LogP contribution in [0.4, 0.5) is 9.18 Å². The molecule has 3 unspecified atom stereocenters. The SMILES string of the molecule is CC(C)(C)OC(=O)N1CCC(C(=O)N2CCC3(CC2)CC(N)C2C=C(F)C=CC2O3)CC1. The van der Waals surface area contributed by atoms with E-state index in [4.69, 9.17) is 15.2 Å². The van der Waals surface area contributed by atoms with E-state index in [0.29, 0.717) is 45.4 Å². The molecule has 1 spiro atoms. The summed E-state index contributed by atoms with van der Waals surface area (Å²) >= 11 is 0. The topological polar surface area (TPSA) is 85.1 Å². The van der Waals surface area contributed by atoms with Crippen molar-refractivity contribution < 1.29 is 23.5 Å². The van der Waals surface area contributed by atoms with Crippen LogP contribution in [0.1, 0.15) is 52.9 Å². The number of ether oxygens (including phenoxy) is 2. The standard InChI is InChI=1S/C24H36FN3O4/c1-23(2,3)32-22(30)28-10-6-16(7-11-28)21(29)27-12-8-24(9-13-27)15-19(26)18-14-17(25)4-5-20(18)31-24/h4-5,14,16,18-20H,6-13,15,26H2,1-3H3. The third-order valence-electron chi connectivity index (χ3n) is 7.15. The number of nitrogens with two attached hydrogens (primary N) is 1. The van der Waals surface area contributed by atoms with E-state index in [2.05, 4.69) is 0 Å². The van der Waals surface area contributed by atoms with E-state index in [9.17, 15) is 14.0 Å². The molecule has 8 heteroatoms. The van der Waals surface area contributed by atoms with Crippen LogP contribution in [0.15, 0.2) is 24.1 Å². The fraction of sp³-hybridized carbons (Fsp3) is 0.750. The molecule has 3 aliphatic heterocycles. The first-order chi connectivity index (χ1) is 15.1. The van der Waals surface area contributed by atoms with Crippen LogP contribution in [0.5, 0.6) is 0 Å². The van der Waals surface area contributed by atoms with Gasteiger partial charge < -0.3 is 25.0 Å². The molecule has 0 saturated carbocycles. The first-order valence-corrected chi connectivity index (χ1v) is 11.8. The van der Waals surface area contributed by atoms with Gasteiger partial charge in [-0.25, -0.2) is 9.18 Å². The first kappa shape index (κ1) is 23.2. The second-order valence-corrected chi connectivity index (χ2v) is 10.7. The Kier molecular flexibility index (Phi) is 6.38. The van der Waals surface area contributed by atoms with Gasteiger partial charge in [-0.05, 0) is 65.0 Å². The molecule has 0 aromatic carbocycles. The molecule has 32 heavy (non-hydrogen) atoms. The van der Waals surface area contributed by atoms with Gasteiger partial charge in [-0.1, -0.05) is 6.08 Å². The number of fused-ring (bicyclic) bond motifs is 1. The van der Waals surface area contributed by atoms with Crippen LogP contribution in [0.2, 0.25) is 0 Å². The number of nitrogens with zero attached hydrogens (tertiary/aromatic N) is 2. The van der Waals surface area contributed by atoms with Gasteiger partial charge in [0.2, 0.25) is 5.91 Å². The van der Waals surface area contributed by atoms with Crippen LogP contribution >= 0.6 is 0 Å². The molecular formula is C24H36FN3O4. The van der Waals surface area contributed by atoms with Crippen molar-refractivity contribution >= 4 is 12.0 Å². The van der Waals surface area contributed by atoms with E-state index in [1.54, 1.807) is 17.1 Å². The molecule has 0 aromatic heterocycles. The molecule has 3 atom stereocenters. The van der Waals surface area contributed by atoms with Gasteiger partial charge >= 0.3 is 6.09 Å². The van der Waals surface area contributed by atoms with Crippen LogP contribution in [-0.4, -0.2) is 71.3 Å². The van der Waals surface area contributed by atoms with Crippen molar-refractivity contribution in [1.82, 2.24) is 9.80 Å². The van der Waals surface area contributed by atoms with E-state index < -0.39 is 5.60 Å². The number of carbonyl (C=O) groups is 2. The zero-order valence-electron chi connectivity index (χ0n) is 19.4. The molecule has 3 saturated heterocycles. The summed E-state index contributed by atoms with van der Waals surface area (Å²) in [7, 11) is 0. The minimum Gasteiger partial charge on any atom is -0.444 e. The van der Waals surface area contributed by atoms with E-state index in [1.807, 2.05) is 25.7 Å². The Morgan fingerprint density at radius 2 is 1.81 bits per heavy atom. The number of carbonyl (C=O) groups excluding carboxylic acids is 2. The molecule has 3 heterocycles. The van der Waals surface area contributed by atoms with Crippen molar-refractivity contribution in [2.75, 3.05) is 26.2 Å². The average Bonchev–Trinajstić information content (AvgIpc) is 2.73. The normalized spacial score (nSPS) is 30.7. The number of hydrogen-bond acceptors (Lipinski definition) is 5. The smallest absolute Gasteiger partial charge is 0.410 e. The van der Waals surface area contributed by atoms with E-state index in [-0.39, 0.29) is 47.4 Å². The third-order valence-corrected chi connectivity index (χ3v) is 7.15. The zero-order chi connectivity index (χ0) is 23.1. The lowest BCUT2D eigenvalue weighted by Gasteiger charge is -2.51. The monoisotopic (exact) mass is 449 g/mol. The maximum absolute atomic E-state index is 13.6. The molecule has 0 radical (unpaired) electrons. The summed E-state index contributed by atoms with van der Waals surface area (Å²) in [6, 6.07) is -0.149. The Morgan fingerprint density at radius 3 is 2.44 bits per heavy atom. The fourth-order valence-electron chi connectivity index (χ4n) is 5.39. The minimum atomic E-state index is -0.519. The van der Waals surface area contributed by atoms with Crippen LogP contribution in [0.25, 0.3) is 0 Å². The van der Waals surface area contributed by atoms with Gasteiger partial charge in [-0.15, -0.1) is 0 Å². The maximum Gasteiger partial charge on any atom is 0.410 e. The summed E-state index contributed by atoms with van der Waals surface area (Å²) in [6.07, 6.45) is 7.79. The Bertz CT molecular complexity index is 790. The van der Waals surface area contributed by atoms with Crippen molar-refractivity contribution in [1.29, 1.82) is 0 Å². The second-order valence-electron chi connectivity index (χ2n) is 10.7. The quantitative estimate of drug-likeness (QED) is 0.665. The summed E-state index contributed by atoms with van der Waals surface area (Å²) in [6.45, 7) is 7.93. The number of amides is 2. The third kappa shape index (κ3) is 5.01. The second kappa shape index (κ2) is 8.78. The summed E-state index contributed by atoms with van der Waals surface area (Å²) in [4.78, 5) is 29.0. The number of rotatable bonds is 1. The van der Waals surface area contributed by atoms with Gasteiger partial charge in [0.05, 0.1) is 11.7 Å². The lowest BCUT2D eigenvalue weighted by Crippen LogP contribution is -2.59. The molecule has 4 aliphatic rings. The lowest BCUT2D eigenvalue weighted by molar-refractivity contribution is -0.165. The maximum atomic E-state index is 13.6. The molecule has 3 fully saturated rings. The molecule has 178 valence electrons. The highest BCUT2D eigenvalue weighted by atomic mass is 19.1. The number of hydrogen-bond donors (Lipinski definition) is 1. The Balaban J connectivity index is 1.27. The minimum absolute atomic E-state index is 0.0592. The van der Waals surface area contributed by atoms with Crippen molar-refractivity contribution in [3.05, 3.63) is 24.1 Å². The van der Waals surface area contributed by atoms with Gasteiger partial charge in [-0.3, -0.25) is 4.79 Å². The van der Waals surface area contributed by atoms with Crippen molar-refractivity contribution in [3.63, 3.8) is 0 Å². The van der Waals surface area contributed by atoms with Gasteiger partial charge in [0.15, 0.2) is 0 Å². The molecule has 1 aliphatic carbocycles. The zero-order valence-corrected chi connectivity index (χ0v) is 19.4. The first-order valence-electron chi connectivity index (χ1n) is 11.8. The highest BCUT2D eigenvalue weighted by Crippen LogP contribution is 2.42. The van der Waals surface area contributed by atoms with Gasteiger partial charge in [0.25, 0.3) is 0 Å². The average molecular weight is 450 g/mol. The van der Waals surface area contributed by atoms with Crippen LogP contribution in [0, 0.1) is 11.8 Å². The molecule has 0 aromatic rings. The summed E-state index contributed by atoms with van der Waals surface area (Å²) < 4.78 is 25.5. The van der Waals surface area contributed by atoms with E-state index >= 15 is 0 Å². The molecular weight excluding hydrogens is 413 g/mol. The number of halogens is 1. The predicted octanol–water partition coefficient (Wildman–Crippen LogP) is 3.15. The van der Waals surface area contributed by atoms with Gasteiger partial charge in [0.1, 0.15) is 11.4 Å².